The van der Waals surface area contributed by atoms with Crippen molar-refractivity contribution in [3.8, 4) is 5.75 Å². The van der Waals surface area contributed by atoms with E-state index >= 15 is 0 Å². The zero-order valence-electron chi connectivity index (χ0n) is 11.6. The zero-order chi connectivity index (χ0) is 13.7. The lowest BCUT2D eigenvalue weighted by molar-refractivity contribution is 0.0186. The number of hydrogen-bond acceptors (Lipinski definition) is 3. The molecule has 0 saturated carbocycles. The molecule has 2 unspecified atom stereocenters. The third-order valence-corrected chi connectivity index (χ3v) is 3.38. The van der Waals surface area contributed by atoms with Crippen molar-refractivity contribution in [2.75, 3.05) is 19.7 Å². The largest absolute Gasteiger partial charge is 0.491 e. The third-order valence-electron chi connectivity index (χ3n) is 3.38. The molecule has 0 bridgehead atoms. The van der Waals surface area contributed by atoms with Crippen LogP contribution in [0.2, 0.25) is 0 Å². The predicted octanol–water partition coefficient (Wildman–Crippen LogP) is 2.67. The van der Waals surface area contributed by atoms with Crippen LogP contribution in [0, 0.1) is 12.7 Å². The number of aryl methyl sites for hydroxylation is 1. The van der Waals surface area contributed by atoms with Gasteiger partial charge in [0.15, 0.2) is 0 Å². The minimum absolute atomic E-state index is 0.146. The van der Waals surface area contributed by atoms with Crippen molar-refractivity contribution in [3.63, 3.8) is 0 Å². The van der Waals surface area contributed by atoms with E-state index < -0.39 is 0 Å². The van der Waals surface area contributed by atoms with Crippen LogP contribution in [0.5, 0.6) is 5.75 Å². The van der Waals surface area contributed by atoms with Gasteiger partial charge in [-0.05, 0) is 50.1 Å². The number of ether oxygens (including phenoxy) is 2. The number of rotatable bonds is 6. The molecule has 0 spiro atoms. The fourth-order valence-electron chi connectivity index (χ4n) is 2.32. The second-order valence-corrected chi connectivity index (χ2v) is 4.99. The van der Waals surface area contributed by atoms with Crippen LogP contribution in [0.1, 0.15) is 25.3 Å². The molecule has 3 nitrogen and oxygen atoms in total. The molecule has 0 amide bonds. The maximum atomic E-state index is 13.0. The highest BCUT2D eigenvalue weighted by atomic mass is 19.1. The molecule has 2 rings (SSSR count). The molecule has 1 aromatic rings. The molecule has 1 N–H and O–H groups in total. The summed E-state index contributed by atoms with van der Waals surface area (Å²) in [5, 5.41) is 3.29. The summed E-state index contributed by atoms with van der Waals surface area (Å²) in [6.07, 6.45) is 2.54. The van der Waals surface area contributed by atoms with Gasteiger partial charge in [-0.3, -0.25) is 0 Å². The number of benzene rings is 1. The van der Waals surface area contributed by atoms with Gasteiger partial charge in [0.1, 0.15) is 18.2 Å². The van der Waals surface area contributed by atoms with Crippen molar-refractivity contribution in [3.05, 3.63) is 29.6 Å². The van der Waals surface area contributed by atoms with Gasteiger partial charge >= 0.3 is 0 Å². The Kier molecular flexibility index (Phi) is 5.16. The maximum absolute atomic E-state index is 13.0. The normalized spacial score (nSPS) is 22.7. The van der Waals surface area contributed by atoms with Gasteiger partial charge in [0, 0.05) is 6.54 Å². The number of nitrogens with one attached hydrogen (secondary N) is 1. The van der Waals surface area contributed by atoms with E-state index in [1.807, 2.05) is 6.92 Å². The lowest BCUT2D eigenvalue weighted by atomic mass is 10.2. The molecular formula is C15H22FNO2. The molecule has 1 saturated heterocycles. The zero-order valence-corrected chi connectivity index (χ0v) is 11.6. The topological polar surface area (TPSA) is 30.5 Å². The average molecular weight is 267 g/mol. The van der Waals surface area contributed by atoms with E-state index in [2.05, 4.69) is 12.2 Å². The van der Waals surface area contributed by atoms with Crippen molar-refractivity contribution in [2.24, 2.45) is 0 Å². The summed E-state index contributed by atoms with van der Waals surface area (Å²) in [4.78, 5) is 0. The van der Waals surface area contributed by atoms with Gasteiger partial charge in [0.2, 0.25) is 0 Å². The van der Waals surface area contributed by atoms with Crippen molar-refractivity contribution in [1.29, 1.82) is 0 Å². The highest BCUT2D eigenvalue weighted by molar-refractivity contribution is 5.32. The summed E-state index contributed by atoms with van der Waals surface area (Å²) in [6, 6.07) is 4.58. The lowest BCUT2D eigenvalue weighted by Crippen LogP contribution is -2.28. The van der Waals surface area contributed by atoms with Crippen LogP contribution in [-0.4, -0.2) is 31.9 Å². The summed E-state index contributed by atoms with van der Waals surface area (Å²) in [5.41, 5.74) is 0.821. The van der Waals surface area contributed by atoms with Crippen LogP contribution in [0.4, 0.5) is 4.39 Å². The molecule has 0 radical (unpaired) electrons. The number of hydrogen-bond donors (Lipinski definition) is 1. The minimum Gasteiger partial charge on any atom is -0.491 e. The number of halogens is 1. The minimum atomic E-state index is -0.229. The summed E-state index contributed by atoms with van der Waals surface area (Å²) in [5.74, 6) is 0.507. The molecule has 19 heavy (non-hydrogen) atoms. The van der Waals surface area contributed by atoms with Crippen molar-refractivity contribution < 1.29 is 13.9 Å². The molecule has 4 heteroatoms. The van der Waals surface area contributed by atoms with E-state index in [1.165, 1.54) is 12.1 Å². The Morgan fingerprint density at radius 1 is 1.37 bits per heavy atom. The second kappa shape index (κ2) is 6.87. The Morgan fingerprint density at radius 2 is 2.16 bits per heavy atom. The van der Waals surface area contributed by atoms with E-state index in [-0.39, 0.29) is 11.9 Å². The Hall–Kier alpha value is -1.13. The number of likely N-dealkylation sites (N-methyl/N-ethyl adjacent to an activating group) is 1. The Labute approximate surface area is 114 Å². The smallest absolute Gasteiger partial charge is 0.123 e. The average Bonchev–Trinajstić information content (AvgIpc) is 2.83. The van der Waals surface area contributed by atoms with Crippen LogP contribution in [-0.2, 0) is 4.74 Å². The van der Waals surface area contributed by atoms with Gasteiger partial charge in [-0.1, -0.05) is 6.92 Å². The monoisotopic (exact) mass is 267 g/mol. The van der Waals surface area contributed by atoms with E-state index in [9.17, 15) is 4.39 Å². The molecule has 1 aliphatic rings. The fourth-order valence-corrected chi connectivity index (χ4v) is 2.32. The van der Waals surface area contributed by atoms with Crippen molar-refractivity contribution in [1.82, 2.24) is 5.32 Å². The van der Waals surface area contributed by atoms with E-state index in [0.717, 1.165) is 37.2 Å². The van der Waals surface area contributed by atoms with Crippen LogP contribution in [0.15, 0.2) is 18.2 Å². The first-order chi connectivity index (χ1) is 9.19. The van der Waals surface area contributed by atoms with Crippen LogP contribution >= 0.6 is 0 Å². The van der Waals surface area contributed by atoms with E-state index in [4.69, 9.17) is 9.47 Å². The Morgan fingerprint density at radius 3 is 2.89 bits per heavy atom. The molecule has 1 fully saturated rings. The fraction of sp³-hybridized carbons (Fsp3) is 0.600. The molecule has 0 aliphatic carbocycles. The highest BCUT2D eigenvalue weighted by Gasteiger charge is 2.25. The molecule has 106 valence electrons. The van der Waals surface area contributed by atoms with Gasteiger partial charge in [0.25, 0.3) is 0 Å². The standard InChI is InChI=1S/C15H22FNO2/c1-3-17-9-13-5-6-14(19-13)10-18-15-7-4-12(16)8-11(15)2/h4,7-8,13-14,17H,3,5-6,9-10H2,1-2H3. The molecule has 2 atom stereocenters. The SMILES string of the molecule is CCNCC1CCC(COc2ccc(F)cc2C)O1. The molecule has 1 aromatic carbocycles. The van der Waals surface area contributed by atoms with Crippen LogP contribution < -0.4 is 10.1 Å². The predicted molar refractivity (Wildman–Crippen MR) is 73.1 cm³/mol. The first-order valence-electron chi connectivity index (χ1n) is 6.94. The first-order valence-corrected chi connectivity index (χ1v) is 6.94. The molecule has 1 aliphatic heterocycles. The Bertz CT molecular complexity index is 411. The van der Waals surface area contributed by atoms with E-state index in [0.29, 0.717) is 12.7 Å². The van der Waals surface area contributed by atoms with Gasteiger partial charge in [-0.15, -0.1) is 0 Å². The van der Waals surface area contributed by atoms with Gasteiger partial charge < -0.3 is 14.8 Å². The maximum Gasteiger partial charge on any atom is 0.123 e. The molecular weight excluding hydrogens is 245 g/mol. The molecule has 0 aromatic heterocycles. The lowest BCUT2D eigenvalue weighted by Gasteiger charge is -2.15. The Balaban J connectivity index is 1.77. The van der Waals surface area contributed by atoms with E-state index in [1.54, 1.807) is 6.07 Å². The van der Waals surface area contributed by atoms with Crippen LogP contribution in [0.3, 0.4) is 0 Å². The summed E-state index contributed by atoms with van der Waals surface area (Å²) < 4.78 is 24.6. The highest BCUT2D eigenvalue weighted by Crippen LogP contribution is 2.23. The van der Waals surface area contributed by atoms with Gasteiger partial charge in [-0.25, -0.2) is 4.39 Å². The summed E-state index contributed by atoms with van der Waals surface area (Å²) >= 11 is 0. The van der Waals surface area contributed by atoms with Crippen LogP contribution in [0.25, 0.3) is 0 Å². The second-order valence-electron chi connectivity index (χ2n) is 4.99. The first kappa shape index (κ1) is 14.3. The van der Waals surface area contributed by atoms with Gasteiger partial charge in [-0.2, -0.15) is 0 Å². The summed E-state index contributed by atoms with van der Waals surface area (Å²) in [7, 11) is 0. The summed E-state index contributed by atoms with van der Waals surface area (Å²) in [6.45, 7) is 6.35. The molecule has 1 heterocycles. The van der Waals surface area contributed by atoms with Crippen molar-refractivity contribution >= 4 is 0 Å². The third kappa shape index (κ3) is 4.18. The van der Waals surface area contributed by atoms with Crippen molar-refractivity contribution in [2.45, 2.75) is 38.9 Å². The van der Waals surface area contributed by atoms with Gasteiger partial charge in [0.05, 0.1) is 12.2 Å². The quantitative estimate of drug-likeness (QED) is 0.859.